The number of aliphatic imine (C=N–C) groups is 1. The molecule has 1 atom stereocenters. The average Bonchev–Trinajstić information content (AvgIpc) is 3.40. The summed E-state index contributed by atoms with van der Waals surface area (Å²) < 4.78 is 11.1. The SMILES string of the molecule is CCNC(=NCCCOC1CCOC1)NCCc1csc(-c2ccccc2)n1. The van der Waals surface area contributed by atoms with Crippen molar-refractivity contribution in [2.45, 2.75) is 32.3 Å². The standard InChI is InChI=1S/C21H30N4O2S/c1-2-22-21(23-11-6-13-27-19-10-14-26-15-19)24-12-9-18-16-28-20(25-18)17-7-4-3-5-8-17/h3-5,7-8,16,19H,2,6,9-15H2,1H3,(H2,22,23,24). The molecule has 7 heteroatoms. The number of thiazole rings is 1. The van der Waals surface area contributed by atoms with Crippen molar-refractivity contribution in [3.63, 3.8) is 0 Å². The molecule has 28 heavy (non-hydrogen) atoms. The van der Waals surface area contributed by atoms with Gasteiger partial charge in [0, 0.05) is 50.2 Å². The highest BCUT2D eigenvalue weighted by Gasteiger charge is 2.15. The first-order valence-corrected chi connectivity index (χ1v) is 10.9. The first-order chi connectivity index (χ1) is 13.8. The molecular weight excluding hydrogens is 372 g/mol. The van der Waals surface area contributed by atoms with Crippen LogP contribution in [0, 0.1) is 0 Å². The van der Waals surface area contributed by atoms with Gasteiger partial charge in [-0.15, -0.1) is 11.3 Å². The Hall–Kier alpha value is -1.96. The number of benzene rings is 1. The van der Waals surface area contributed by atoms with Crippen LogP contribution in [-0.2, 0) is 15.9 Å². The van der Waals surface area contributed by atoms with Crippen molar-refractivity contribution in [3.8, 4) is 10.6 Å². The van der Waals surface area contributed by atoms with Crippen LogP contribution in [0.4, 0.5) is 0 Å². The number of guanidine groups is 1. The Bertz CT molecular complexity index is 714. The van der Waals surface area contributed by atoms with Gasteiger partial charge >= 0.3 is 0 Å². The summed E-state index contributed by atoms with van der Waals surface area (Å²) in [5.41, 5.74) is 2.28. The maximum Gasteiger partial charge on any atom is 0.191 e. The highest BCUT2D eigenvalue weighted by Crippen LogP contribution is 2.23. The summed E-state index contributed by atoms with van der Waals surface area (Å²) in [6.07, 6.45) is 3.07. The molecule has 0 spiro atoms. The highest BCUT2D eigenvalue weighted by atomic mass is 32.1. The summed E-state index contributed by atoms with van der Waals surface area (Å²) in [5.74, 6) is 0.852. The van der Waals surface area contributed by atoms with Crippen LogP contribution in [0.2, 0.25) is 0 Å². The molecule has 152 valence electrons. The largest absolute Gasteiger partial charge is 0.379 e. The minimum Gasteiger partial charge on any atom is -0.379 e. The fourth-order valence-corrected chi connectivity index (χ4v) is 3.80. The first-order valence-electron chi connectivity index (χ1n) is 10.1. The molecule has 1 unspecified atom stereocenters. The maximum absolute atomic E-state index is 5.78. The monoisotopic (exact) mass is 402 g/mol. The molecule has 1 aromatic carbocycles. The van der Waals surface area contributed by atoms with Crippen LogP contribution in [0.1, 0.15) is 25.5 Å². The van der Waals surface area contributed by atoms with Crippen LogP contribution < -0.4 is 10.6 Å². The summed E-state index contributed by atoms with van der Waals surface area (Å²) in [6.45, 7) is 6.76. The third kappa shape index (κ3) is 6.89. The van der Waals surface area contributed by atoms with Crippen molar-refractivity contribution >= 4 is 17.3 Å². The molecule has 0 saturated carbocycles. The van der Waals surface area contributed by atoms with E-state index < -0.39 is 0 Å². The third-order valence-corrected chi connectivity index (χ3v) is 5.34. The van der Waals surface area contributed by atoms with Crippen LogP contribution in [0.15, 0.2) is 40.7 Å². The van der Waals surface area contributed by atoms with Gasteiger partial charge in [-0.25, -0.2) is 4.98 Å². The van der Waals surface area contributed by atoms with Gasteiger partial charge in [0.2, 0.25) is 0 Å². The number of nitrogens with zero attached hydrogens (tertiary/aromatic N) is 2. The summed E-state index contributed by atoms with van der Waals surface area (Å²) in [7, 11) is 0. The molecule has 2 N–H and O–H groups in total. The number of hydrogen-bond donors (Lipinski definition) is 2. The molecule has 2 aromatic rings. The van der Waals surface area contributed by atoms with Crippen LogP contribution in [0.3, 0.4) is 0 Å². The summed E-state index contributed by atoms with van der Waals surface area (Å²) in [4.78, 5) is 9.37. The molecule has 1 saturated heterocycles. The third-order valence-electron chi connectivity index (χ3n) is 4.40. The van der Waals surface area contributed by atoms with Crippen molar-refractivity contribution in [1.82, 2.24) is 15.6 Å². The topological polar surface area (TPSA) is 67.8 Å². The molecule has 1 aromatic heterocycles. The molecule has 2 heterocycles. The van der Waals surface area contributed by atoms with Crippen molar-refractivity contribution in [2.24, 2.45) is 4.99 Å². The summed E-state index contributed by atoms with van der Waals surface area (Å²) in [6, 6.07) is 10.3. The Kier molecular flexibility index (Phi) is 8.74. The lowest BCUT2D eigenvalue weighted by atomic mass is 10.2. The van der Waals surface area contributed by atoms with Gasteiger partial charge in [-0.2, -0.15) is 0 Å². The van der Waals surface area contributed by atoms with Gasteiger partial charge in [0.15, 0.2) is 5.96 Å². The Morgan fingerprint density at radius 2 is 2.21 bits per heavy atom. The van der Waals surface area contributed by atoms with E-state index in [9.17, 15) is 0 Å². The second kappa shape index (κ2) is 11.8. The predicted molar refractivity (Wildman–Crippen MR) is 115 cm³/mol. The number of ether oxygens (including phenoxy) is 2. The van der Waals surface area contributed by atoms with Crippen LogP contribution in [0.25, 0.3) is 10.6 Å². The molecule has 0 amide bonds. The highest BCUT2D eigenvalue weighted by molar-refractivity contribution is 7.13. The van der Waals surface area contributed by atoms with Crippen molar-refractivity contribution < 1.29 is 9.47 Å². The number of hydrogen-bond acceptors (Lipinski definition) is 5. The van der Waals surface area contributed by atoms with E-state index in [2.05, 4.69) is 40.1 Å². The summed E-state index contributed by atoms with van der Waals surface area (Å²) in [5, 5.41) is 9.90. The maximum atomic E-state index is 5.78. The molecule has 1 aliphatic heterocycles. The van der Waals surface area contributed by atoms with Gasteiger partial charge in [-0.1, -0.05) is 30.3 Å². The van der Waals surface area contributed by atoms with Crippen molar-refractivity contribution in [2.75, 3.05) is 39.5 Å². The van der Waals surface area contributed by atoms with E-state index in [4.69, 9.17) is 14.5 Å². The zero-order valence-electron chi connectivity index (χ0n) is 16.5. The lowest BCUT2D eigenvalue weighted by Gasteiger charge is -2.11. The lowest BCUT2D eigenvalue weighted by Crippen LogP contribution is -2.38. The Morgan fingerprint density at radius 1 is 1.32 bits per heavy atom. The second-order valence-corrected chi connectivity index (χ2v) is 7.52. The minimum absolute atomic E-state index is 0.272. The van der Waals surface area contributed by atoms with Gasteiger partial charge in [-0.3, -0.25) is 4.99 Å². The average molecular weight is 403 g/mol. The zero-order valence-corrected chi connectivity index (χ0v) is 17.3. The number of rotatable bonds is 10. The Labute approximate surface area is 171 Å². The summed E-state index contributed by atoms with van der Waals surface area (Å²) >= 11 is 1.69. The normalized spacial score (nSPS) is 17.0. The van der Waals surface area contributed by atoms with Crippen molar-refractivity contribution in [3.05, 3.63) is 41.4 Å². The van der Waals surface area contributed by atoms with E-state index in [1.165, 1.54) is 5.56 Å². The van der Waals surface area contributed by atoms with E-state index in [-0.39, 0.29) is 6.10 Å². The zero-order chi connectivity index (χ0) is 19.4. The van der Waals surface area contributed by atoms with Crippen LogP contribution in [-0.4, -0.2) is 56.5 Å². The van der Waals surface area contributed by atoms with Gasteiger partial charge in [0.05, 0.1) is 18.4 Å². The van der Waals surface area contributed by atoms with E-state index in [1.54, 1.807) is 11.3 Å². The van der Waals surface area contributed by atoms with E-state index in [0.717, 1.165) is 75.4 Å². The predicted octanol–water partition coefficient (Wildman–Crippen LogP) is 3.10. The van der Waals surface area contributed by atoms with E-state index in [1.807, 2.05) is 18.2 Å². The minimum atomic E-state index is 0.272. The van der Waals surface area contributed by atoms with Gasteiger partial charge in [-0.05, 0) is 19.8 Å². The number of nitrogens with one attached hydrogen (secondary N) is 2. The molecule has 1 aliphatic rings. The molecule has 1 fully saturated rings. The smallest absolute Gasteiger partial charge is 0.191 e. The van der Waals surface area contributed by atoms with Crippen LogP contribution in [0.5, 0.6) is 0 Å². The molecule has 6 nitrogen and oxygen atoms in total. The van der Waals surface area contributed by atoms with E-state index in [0.29, 0.717) is 0 Å². The first kappa shape index (κ1) is 20.8. The quantitative estimate of drug-likeness (QED) is 0.363. The molecule has 0 aliphatic carbocycles. The van der Waals surface area contributed by atoms with Gasteiger partial charge < -0.3 is 20.1 Å². The fraction of sp³-hybridized carbons (Fsp3) is 0.524. The molecule has 0 bridgehead atoms. The Balaban J connectivity index is 1.37. The Morgan fingerprint density at radius 3 is 3.00 bits per heavy atom. The molecular formula is C21H30N4O2S. The second-order valence-electron chi connectivity index (χ2n) is 6.66. The molecule has 3 rings (SSSR count). The lowest BCUT2D eigenvalue weighted by molar-refractivity contribution is 0.0424. The van der Waals surface area contributed by atoms with Crippen molar-refractivity contribution in [1.29, 1.82) is 0 Å². The van der Waals surface area contributed by atoms with Gasteiger partial charge in [0.1, 0.15) is 5.01 Å². The van der Waals surface area contributed by atoms with E-state index >= 15 is 0 Å². The number of aromatic nitrogens is 1. The van der Waals surface area contributed by atoms with Crippen LogP contribution >= 0.6 is 11.3 Å². The fourth-order valence-electron chi connectivity index (χ4n) is 2.94. The molecule has 0 radical (unpaired) electrons. The van der Waals surface area contributed by atoms with Gasteiger partial charge in [0.25, 0.3) is 0 Å².